The summed E-state index contributed by atoms with van der Waals surface area (Å²) in [5.41, 5.74) is 0. The smallest absolute Gasteiger partial charge is 0.287 e. The molecular formula is C9H14F7O4P. The predicted molar refractivity (Wildman–Crippen MR) is 57.4 cm³/mol. The average Bonchev–Trinajstić information content (AvgIpc) is 2.35. The number of hydrogen-bond acceptors (Lipinski definition) is 4. The molecule has 1 unspecified atom stereocenters. The van der Waals surface area contributed by atoms with E-state index < -0.39 is 45.7 Å². The third kappa shape index (κ3) is 4.80. The highest BCUT2D eigenvalue weighted by molar-refractivity contribution is 7.48. The number of rotatable bonds is 10. The lowest BCUT2D eigenvalue weighted by Crippen LogP contribution is -2.56. The predicted octanol–water partition coefficient (Wildman–Crippen LogP) is 4.41. The van der Waals surface area contributed by atoms with Crippen molar-refractivity contribution in [1.29, 1.82) is 0 Å². The summed E-state index contributed by atoms with van der Waals surface area (Å²) in [7, 11) is -5.22. The third-order valence-electron chi connectivity index (χ3n) is 1.96. The van der Waals surface area contributed by atoms with Crippen LogP contribution in [0.5, 0.6) is 0 Å². The highest BCUT2D eigenvalue weighted by Crippen LogP contribution is 2.58. The lowest BCUT2D eigenvalue weighted by Gasteiger charge is -2.32. The second-order valence-electron chi connectivity index (χ2n) is 3.72. The molecule has 0 aromatic carbocycles. The van der Waals surface area contributed by atoms with Crippen LogP contribution in [0, 0.1) is 0 Å². The van der Waals surface area contributed by atoms with Crippen LogP contribution < -0.4 is 0 Å². The van der Waals surface area contributed by atoms with E-state index in [0.717, 1.165) is 6.92 Å². The third-order valence-corrected chi connectivity index (χ3v) is 3.49. The van der Waals surface area contributed by atoms with Crippen molar-refractivity contribution in [2.45, 2.75) is 38.2 Å². The van der Waals surface area contributed by atoms with Gasteiger partial charge in [0.1, 0.15) is 0 Å². The Hall–Kier alpha value is -0.380. The average molecular weight is 350 g/mol. The summed E-state index contributed by atoms with van der Waals surface area (Å²) in [4.78, 5) is 0. The van der Waals surface area contributed by atoms with Gasteiger partial charge in [0, 0.05) is 0 Å². The van der Waals surface area contributed by atoms with E-state index in [2.05, 4.69) is 13.6 Å². The van der Waals surface area contributed by atoms with Gasteiger partial charge >= 0.3 is 25.8 Å². The fourth-order valence-corrected chi connectivity index (χ4v) is 2.24. The Labute approximate surface area is 116 Å². The van der Waals surface area contributed by atoms with Gasteiger partial charge in [-0.1, -0.05) is 6.92 Å². The Balaban J connectivity index is 5.35. The summed E-state index contributed by atoms with van der Waals surface area (Å²) < 4.78 is 113. The van der Waals surface area contributed by atoms with Crippen molar-refractivity contribution in [2.75, 3.05) is 19.9 Å². The minimum Gasteiger partial charge on any atom is -0.287 e. The molecule has 0 radical (unpaired) electrons. The van der Waals surface area contributed by atoms with Gasteiger partial charge < -0.3 is 0 Å². The molecule has 0 fully saturated rings. The van der Waals surface area contributed by atoms with Crippen LogP contribution in [0.4, 0.5) is 30.7 Å². The molecule has 0 spiro atoms. The molecule has 0 N–H and O–H groups in total. The zero-order valence-corrected chi connectivity index (χ0v) is 11.9. The maximum absolute atomic E-state index is 13.2. The van der Waals surface area contributed by atoms with Gasteiger partial charge in [0.15, 0.2) is 6.67 Å². The lowest BCUT2D eigenvalue weighted by atomic mass is 10.2. The van der Waals surface area contributed by atoms with Crippen molar-refractivity contribution in [3.63, 3.8) is 0 Å². The molecule has 0 saturated heterocycles. The highest BCUT2D eigenvalue weighted by atomic mass is 31.2. The molecule has 12 heteroatoms. The van der Waals surface area contributed by atoms with Crippen molar-refractivity contribution in [3.05, 3.63) is 0 Å². The Kier molecular flexibility index (Phi) is 7.12. The summed E-state index contributed by atoms with van der Waals surface area (Å²) >= 11 is 0. The topological polar surface area (TPSA) is 44.8 Å². The van der Waals surface area contributed by atoms with Crippen LogP contribution in [0.1, 0.15) is 20.3 Å². The van der Waals surface area contributed by atoms with Gasteiger partial charge in [-0.05, 0) is 13.3 Å². The monoisotopic (exact) mass is 350 g/mol. The zero-order valence-electron chi connectivity index (χ0n) is 11.1. The van der Waals surface area contributed by atoms with Crippen LogP contribution in [0.3, 0.4) is 0 Å². The van der Waals surface area contributed by atoms with Gasteiger partial charge in [-0.2, -0.15) is 26.3 Å². The number of hydrogen-bond donors (Lipinski definition) is 0. The lowest BCUT2D eigenvalue weighted by molar-refractivity contribution is -0.377. The van der Waals surface area contributed by atoms with Crippen molar-refractivity contribution in [2.24, 2.45) is 0 Å². The number of phosphoric ester groups is 1. The van der Waals surface area contributed by atoms with Crippen LogP contribution in [-0.2, 0) is 18.1 Å². The molecule has 0 aliphatic rings. The highest BCUT2D eigenvalue weighted by Gasteiger charge is 2.75. The molecule has 0 heterocycles. The molecule has 0 aromatic rings. The van der Waals surface area contributed by atoms with Crippen molar-refractivity contribution in [3.8, 4) is 0 Å². The van der Waals surface area contributed by atoms with E-state index in [-0.39, 0.29) is 6.42 Å². The van der Waals surface area contributed by atoms with Gasteiger partial charge in [0.25, 0.3) is 0 Å². The van der Waals surface area contributed by atoms with Gasteiger partial charge in [-0.15, -0.1) is 0 Å². The molecule has 0 rings (SSSR count). The molecule has 4 nitrogen and oxygen atoms in total. The van der Waals surface area contributed by atoms with E-state index in [9.17, 15) is 35.3 Å². The summed E-state index contributed by atoms with van der Waals surface area (Å²) in [6.45, 7) is -1.47. The Bertz CT molecular complexity index is 377. The van der Waals surface area contributed by atoms with Gasteiger partial charge in [-0.3, -0.25) is 9.05 Å². The molecule has 0 amide bonds. The second kappa shape index (κ2) is 7.26. The molecule has 0 aromatic heterocycles. The molecular weight excluding hydrogens is 336 g/mol. The minimum atomic E-state index is -6.25. The molecule has 0 saturated carbocycles. The fraction of sp³-hybridized carbons (Fsp3) is 1.00. The van der Waals surface area contributed by atoms with Gasteiger partial charge in [0.05, 0.1) is 13.2 Å². The zero-order chi connectivity index (χ0) is 16.9. The Morgan fingerprint density at radius 1 is 1.00 bits per heavy atom. The van der Waals surface area contributed by atoms with Gasteiger partial charge in [0.2, 0.25) is 0 Å². The Morgan fingerprint density at radius 2 is 1.52 bits per heavy atom. The van der Waals surface area contributed by atoms with E-state index in [1.54, 1.807) is 0 Å². The normalized spacial score (nSPS) is 16.8. The summed E-state index contributed by atoms with van der Waals surface area (Å²) in [6.07, 6.45) is -5.84. The molecule has 0 aliphatic heterocycles. The maximum atomic E-state index is 13.2. The van der Waals surface area contributed by atoms with Crippen LogP contribution in [-0.4, -0.2) is 37.8 Å². The van der Waals surface area contributed by atoms with E-state index in [0.29, 0.717) is 0 Å². The second-order valence-corrected chi connectivity index (χ2v) is 5.31. The first-order chi connectivity index (χ1) is 9.39. The van der Waals surface area contributed by atoms with E-state index in [4.69, 9.17) is 0 Å². The van der Waals surface area contributed by atoms with Crippen LogP contribution in [0.15, 0.2) is 0 Å². The first-order valence-electron chi connectivity index (χ1n) is 5.68. The van der Waals surface area contributed by atoms with E-state index in [1.807, 2.05) is 0 Å². The van der Waals surface area contributed by atoms with Crippen molar-refractivity contribution < 1.29 is 48.9 Å². The molecule has 0 bridgehead atoms. The van der Waals surface area contributed by atoms with E-state index in [1.165, 1.54) is 6.92 Å². The molecule has 1 atom stereocenters. The van der Waals surface area contributed by atoms with Crippen LogP contribution >= 0.6 is 7.82 Å². The summed E-state index contributed by atoms with van der Waals surface area (Å²) in [5.74, 6) is -12.0. The maximum Gasteiger partial charge on any atom is 0.479 e. The first-order valence-corrected chi connectivity index (χ1v) is 7.14. The molecule has 0 aliphatic carbocycles. The van der Waals surface area contributed by atoms with Crippen LogP contribution in [0.25, 0.3) is 0 Å². The number of halogens is 7. The first kappa shape index (κ1) is 20.6. The Morgan fingerprint density at radius 3 is 1.90 bits per heavy atom. The fourth-order valence-electron chi connectivity index (χ4n) is 0.946. The van der Waals surface area contributed by atoms with Crippen LogP contribution in [0.2, 0.25) is 0 Å². The SMILES string of the molecule is CCCOP(=O)(OCC)OC(F)(F)C(F)(F)C(F)(F)CF. The van der Waals surface area contributed by atoms with Crippen molar-refractivity contribution >= 4 is 7.82 Å². The number of alkyl halides is 7. The summed E-state index contributed by atoms with van der Waals surface area (Å²) in [5, 5.41) is 0. The van der Waals surface area contributed by atoms with Gasteiger partial charge in [-0.25, -0.2) is 13.5 Å². The largest absolute Gasteiger partial charge is 0.479 e. The minimum absolute atomic E-state index is 0.128. The molecule has 21 heavy (non-hydrogen) atoms. The number of phosphoric acid groups is 1. The standard InChI is InChI=1S/C9H14F7O4P/c1-3-5-19-21(17,18-4-2)20-9(15,16)8(13,14)7(11,12)6-10/h3-6H2,1-2H3. The van der Waals surface area contributed by atoms with Crippen molar-refractivity contribution in [1.82, 2.24) is 0 Å². The molecule has 128 valence electrons. The quantitative estimate of drug-likeness (QED) is 0.433. The van der Waals surface area contributed by atoms with E-state index >= 15 is 0 Å². The summed E-state index contributed by atoms with van der Waals surface area (Å²) in [6, 6.07) is 0.